The normalized spacial score (nSPS) is 21.3. The highest BCUT2D eigenvalue weighted by Crippen LogP contribution is 2.38. The number of amides is 1. The quantitative estimate of drug-likeness (QED) is 0.483. The van der Waals surface area contributed by atoms with Gasteiger partial charge in [-0.05, 0) is 42.1 Å². The molecule has 2 aromatic carbocycles. The second kappa shape index (κ2) is 10.1. The Bertz CT molecular complexity index is 829. The van der Waals surface area contributed by atoms with E-state index in [0.29, 0.717) is 13.1 Å². The van der Waals surface area contributed by atoms with E-state index in [1.807, 2.05) is 36.4 Å². The van der Waals surface area contributed by atoms with Crippen molar-refractivity contribution in [3.63, 3.8) is 0 Å². The SMILES string of the molecule is CC(C)(C)[Si](C)(C)O[C@@H]1CCCC[C@@H](c2ccccc2)C(=O)N(Cc2ccccc2)C1. The first kappa shape index (κ1) is 23.7. The molecule has 0 aliphatic carbocycles. The van der Waals surface area contributed by atoms with Crippen molar-refractivity contribution in [1.29, 1.82) is 0 Å². The molecule has 0 bridgehead atoms. The molecular weight excluding hydrogens is 398 g/mol. The predicted molar refractivity (Wildman–Crippen MR) is 132 cm³/mol. The number of hydrogen-bond donors (Lipinski definition) is 0. The van der Waals surface area contributed by atoms with Crippen LogP contribution in [0.3, 0.4) is 0 Å². The minimum absolute atomic E-state index is 0.0727. The number of carbonyl (C=O) groups excluding carboxylic acids is 1. The lowest BCUT2D eigenvalue weighted by Gasteiger charge is -2.40. The molecule has 31 heavy (non-hydrogen) atoms. The molecule has 1 fully saturated rings. The van der Waals surface area contributed by atoms with Gasteiger partial charge in [0.05, 0.1) is 12.0 Å². The van der Waals surface area contributed by atoms with Crippen LogP contribution in [-0.4, -0.2) is 31.8 Å². The molecule has 1 amide bonds. The van der Waals surface area contributed by atoms with Crippen molar-refractivity contribution in [2.45, 2.75) is 83.2 Å². The van der Waals surface area contributed by atoms with Crippen LogP contribution in [0, 0.1) is 0 Å². The van der Waals surface area contributed by atoms with E-state index in [0.717, 1.165) is 31.2 Å². The first-order chi connectivity index (χ1) is 14.7. The van der Waals surface area contributed by atoms with Crippen LogP contribution in [0.5, 0.6) is 0 Å². The predicted octanol–water partition coefficient (Wildman–Crippen LogP) is 6.76. The first-order valence-corrected chi connectivity index (χ1v) is 14.6. The van der Waals surface area contributed by atoms with Gasteiger partial charge in [0.1, 0.15) is 0 Å². The lowest BCUT2D eigenvalue weighted by atomic mass is 9.92. The summed E-state index contributed by atoms with van der Waals surface area (Å²) in [7, 11) is -1.91. The third-order valence-corrected chi connectivity index (χ3v) is 11.5. The average molecular weight is 438 g/mol. The van der Waals surface area contributed by atoms with Gasteiger partial charge in [0.15, 0.2) is 8.32 Å². The van der Waals surface area contributed by atoms with Crippen molar-refractivity contribution in [3.05, 3.63) is 71.8 Å². The molecule has 1 aliphatic heterocycles. The molecule has 0 saturated carbocycles. The van der Waals surface area contributed by atoms with Gasteiger partial charge >= 0.3 is 0 Å². The van der Waals surface area contributed by atoms with Crippen LogP contribution < -0.4 is 0 Å². The average Bonchev–Trinajstić information content (AvgIpc) is 2.79. The van der Waals surface area contributed by atoms with Gasteiger partial charge in [0, 0.05) is 13.1 Å². The zero-order valence-electron chi connectivity index (χ0n) is 19.9. The van der Waals surface area contributed by atoms with Crippen molar-refractivity contribution >= 4 is 14.2 Å². The lowest BCUT2D eigenvalue weighted by molar-refractivity contribution is -0.134. The van der Waals surface area contributed by atoms with E-state index in [-0.39, 0.29) is 23.0 Å². The van der Waals surface area contributed by atoms with E-state index in [1.165, 1.54) is 5.56 Å². The Morgan fingerprint density at radius 1 is 0.935 bits per heavy atom. The molecule has 1 saturated heterocycles. The number of hydrogen-bond acceptors (Lipinski definition) is 2. The Kier molecular flexibility index (Phi) is 7.76. The van der Waals surface area contributed by atoms with Gasteiger partial charge in [-0.25, -0.2) is 0 Å². The maximum absolute atomic E-state index is 13.8. The molecule has 168 valence electrons. The van der Waals surface area contributed by atoms with Crippen molar-refractivity contribution in [3.8, 4) is 0 Å². The summed E-state index contributed by atoms with van der Waals surface area (Å²) in [6.45, 7) is 12.8. The van der Waals surface area contributed by atoms with Gasteiger partial charge in [-0.15, -0.1) is 0 Å². The fourth-order valence-corrected chi connectivity index (χ4v) is 5.50. The summed E-state index contributed by atoms with van der Waals surface area (Å²) < 4.78 is 6.84. The van der Waals surface area contributed by atoms with E-state index >= 15 is 0 Å². The lowest BCUT2D eigenvalue weighted by Crippen LogP contribution is -2.48. The Labute approximate surface area is 189 Å². The summed E-state index contributed by atoms with van der Waals surface area (Å²) in [4.78, 5) is 15.9. The summed E-state index contributed by atoms with van der Waals surface area (Å²) in [5.74, 6) is 0.164. The van der Waals surface area contributed by atoms with Crippen molar-refractivity contribution in [2.75, 3.05) is 6.54 Å². The molecular formula is C27H39NO2Si. The molecule has 0 aromatic heterocycles. The number of rotatable bonds is 5. The van der Waals surface area contributed by atoms with Gasteiger partial charge in [0.2, 0.25) is 5.91 Å². The van der Waals surface area contributed by atoms with Crippen LogP contribution in [0.2, 0.25) is 18.1 Å². The zero-order valence-corrected chi connectivity index (χ0v) is 20.9. The highest BCUT2D eigenvalue weighted by Gasteiger charge is 2.40. The Hall–Kier alpha value is -1.91. The van der Waals surface area contributed by atoms with Crippen LogP contribution in [0.25, 0.3) is 0 Å². The molecule has 1 heterocycles. The standard InChI is InChI=1S/C27H39NO2Si/c1-27(2,3)31(4,5)30-24-18-12-13-19-25(23-16-10-7-11-17-23)26(29)28(21-24)20-22-14-8-6-9-15-22/h6-11,14-17,24-25H,12-13,18-21H2,1-5H3/t24-,25+/m1/s1. The molecule has 0 radical (unpaired) electrons. The van der Waals surface area contributed by atoms with E-state index in [4.69, 9.17) is 4.43 Å². The van der Waals surface area contributed by atoms with E-state index in [2.05, 4.69) is 63.0 Å². The minimum Gasteiger partial charge on any atom is -0.412 e. The van der Waals surface area contributed by atoms with Crippen molar-refractivity contribution < 1.29 is 9.22 Å². The minimum atomic E-state index is -1.91. The van der Waals surface area contributed by atoms with Crippen LogP contribution in [-0.2, 0) is 15.8 Å². The zero-order chi connectivity index (χ0) is 22.5. The molecule has 2 aromatic rings. The fourth-order valence-electron chi connectivity index (χ4n) is 4.12. The molecule has 3 nitrogen and oxygen atoms in total. The fraction of sp³-hybridized carbons (Fsp3) is 0.519. The van der Waals surface area contributed by atoms with Crippen LogP contribution >= 0.6 is 0 Å². The van der Waals surface area contributed by atoms with E-state index in [1.54, 1.807) is 0 Å². The molecule has 4 heteroatoms. The third-order valence-electron chi connectivity index (χ3n) is 6.99. The highest BCUT2D eigenvalue weighted by molar-refractivity contribution is 6.74. The third kappa shape index (κ3) is 6.30. The number of carbonyl (C=O) groups is 1. The second-order valence-corrected chi connectivity index (χ2v) is 15.2. The van der Waals surface area contributed by atoms with Gasteiger partial charge in [-0.3, -0.25) is 4.79 Å². The van der Waals surface area contributed by atoms with Crippen molar-refractivity contribution in [2.24, 2.45) is 0 Å². The second-order valence-electron chi connectivity index (χ2n) is 10.5. The first-order valence-electron chi connectivity index (χ1n) is 11.7. The van der Waals surface area contributed by atoms with E-state index < -0.39 is 8.32 Å². The van der Waals surface area contributed by atoms with Gasteiger partial charge in [-0.2, -0.15) is 0 Å². The Balaban J connectivity index is 1.89. The maximum atomic E-state index is 13.8. The van der Waals surface area contributed by atoms with Crippen LogP contribution in [0.4, 0.5) is 0 Å². The molecule has 3 rings (SSSR count). The molecule has 2 atom stereocenters. The Morgan fingerprint density at radius 2 is 1.52 bits per heavy atom. The van der Waals surface area contributed by atoms with Gasteiger partial charge in [-0.1, -0.05) is 94.3 Å². The largest absolute Gasteiger partial charge is 0.412 e. The van der Waals surface area contributed by atoms with Gasteiger partial charge in [0.25, 0.3) is 0 Å². The van der Waals surface area contributed by atoms with Crippen molar-refractivity contribution in [1.82, 2.24) is 4.90 Å². The number of nitrogens with zero attached hydrogens (tertiary/aromatic N) is 1. The molecule has 1 aliphatic rings. The summed E-state index contributed by atoms with van der Waals surface area (Å²) >= 11 is 0. The van der Waals surface area contributed by atoms with Crippen LogP contribution in [0.15, 0.2) is 60.7 Å². The highest BCUT2D eigenvalue weighted by atomic mass is 28.4. The van der Waals surface area contributed by atoms with E-state index in [9.17, 15) is 4.79 Å². The Morgan fingerprint density at radius 3 is 2.13 bits per heavy atom. The topological polar surface area (TPSA) is 29.5 Å². The smallest absolute Gasteiger partial charge is 0.230 e. The maximum Gasteiger partial charge on any atom is 0.230 e. The number of benzene rings is 2. The summed E-state index contributed by atoms with van der Waals surface area (Å²) in [5, 5.41) is 0.159. The van der Waals surface area contributed by atoms with Crippen LogP contribution in [0.1, 0.15) is 63.5 Å². The summed E-state index contributed by atoms with van der Waals surface area (Å²) in [6.07, 6.45) is 4.19. The molecule has 0 N–H and O–H groups in total. The molecule has 0 spiro atoms. The van der Waals surface area contributed by atoms with Gasteiger partial charge < -0.3 is 9.33 Å². The molecule has 0 unspecified atom stereocenters. The summed E-state index contributed by atoms with van der Waals surface area (Å²) in [6, 6.07) is 20.7. The summed E-state index contributed by atoms with van der Waals surface area (Å²) in [5.41, 5.74) is 2.31. The monoisotopic (exact) mass is 437 g/mol.